The van der Waals surface area contributed by atoms with Crippen molar-refractivity contribution in [1.29, 1.82) is 0 Å². The lowest BCUT2D eigenvalue weighted by Gasteiger charge is -2.34. The predicted molar refractivity (Wildman–Crippen MR) is 114 cm³/mol. The van der Waals surface area contributed by atoms with Gasteiger partial charge in [-0.2, -0.15) is 0 Å². The lowest BCUT2D eigenvalue weighted by atomic mass is 10.1. The minimum absolute atomic E-state index is 0.261. The molecule has 0 aliphatic carbocycles. The van der Waals surface area contributed by atoms with Gasteiger partial charge in [0.15, 0.2) is 5.76 Å². The van der Waals surface area contributed by atoms with Crippen LogP contribution in [0.3, 0.4) is 0 Å². The van der Waals surface area contributed by atoms with Gasteiger partial charge in [-0.3, -0.25) is 19.5 Å². The van der Waals surface area contributed by atoms with Gasteiger partial charge in [0, 0.05) is 51.9 Å². The number of aryl methyl sites for hydroxylation is 1. The Labute approximate surface area is 177 Å². The van der Waals surface area contributed by atoms with Gasteiger partial charge in [0.25, 0.3) is 0 Å². The van der Waals surface area contributed by atoms with Crippen LogP contribution in [0.4, 0.5) is 0 Å². The highest BCUT2D eigenvalue weighted by Gasteiger charge is 2.21. The quantitative estimate of drug-likeness (QED) is 0.774. The number of piperazine rings is 1. The third-order valence-electron chi connectivity index (χ3n) is 5.89. The van der Waals surface area contributed by atoms with Crippen LogP contribution >= 0.6 is 0 Å². The van der Waals surface area contributed by atoms with Gasteiger partial charge in [0.1, 0.15) is 5.76 Å². The smallest absolute Gasteiger partial charge is 0.227 e. The minimum atomic E-state index is -0.363. The van der Waals surface area contributed by atoms with E-state index < -0.39 is 0 Å². The van der Waals surface area contributed by atoms with E-state index in [0.717, 1.165) is 45.8 Å². The van der Waals surface area contributed by atoms with Crippen LogP contribution in [0.2, 0.25) is 0 Å². The van der Waals surface area contributed by atoms with Crippen molar-refractivity contribution in [1.82, 2.24) is 14.7 Å². The van der Waals surface area contributed by atoms with Crippen LogP contribution < -0.4 is 5.43 Å². The molecule has 0 atom stereocenters. The predicted octanol–water partition coefficient (Wildman–Crippen LogP) is 1.80. The second kappa shape index (κ2) is 9.75. The molecule has 1 aromatic carbocycles. The van der Waals surface area contributed by atoms with E-state index in [9.17, 15) is 9.90 Å². The summed E-state index contributed by atoms with van der Waals surface area (Å²) in [7, 11) is 0. The number of hydrogen-bond acceptors (Lipinski definition) is 7. The molecular formula is C23H31N3O4. The molecule has 2 fully saturated rings. The standard InChI is InChI=1S/C23H31N3O4/c1-18-2-4-19(5-3-18)15-24-6-8-25(9-7-24)17-22-23(28)21(27)14-20(30-22)16-26-10-12-29-13-11-26/h2-5,14,28H,6-13,15-17H2,1H3. The second-order valence-corrected chi connectivity index (χ2v) is 8.28. The van der Waals surface area contributed by atoms with Crippen molar-refractivity contribution in [3.8, 4) is 5.75 Å². The van der Waals surface area contributed by atoms with Crippen LogP contribution in [-0.4, -0.2) is 72.3 Å². The Morgan fingerprint density at radius 3 is 2.13 bits per heavy atom. The number of nitrogens with zero attached hydrogens (tertiary/aromatic N) is 3. The van der Waals surface area contributed by atoms with Crippen LogP contribution in [0.5, 0.6) is 5.75 Å². The summed E-state index contributed by atoms with van der Waals surface area (Å²) in [4.78, 5) is 19.1. The fourth-order valence-electron chi connectivity index (χ4n) is 4.01. The van der Waals surface area contributed by atoms with E-state index >= 15 is 0 Å². The third-order valence-corrected chi connectivity index (χ3v) is 5.89. The number of morpholine rings is 1. The average Bonchev–Trinajstić information content (AvgIpc) is 2.75. The molecule has 162 valence electrons. The van der Waals surface area contributed by atoms with Crippen LogP contribution in [0.25, 0.3) is 0 Å². The van der Waals surface area contributed by atoms with Gasteiger partial charge in [0.05, 0.1) is 26.3 Å². The van der Waals surface area contributed by atoms with Gasteiger partial charge in [-0.25, -0.2) is 0 Å². The molecule has 4 rings (SSSR count). The van der Waals surface area contributed by atoms with E-state index in [-0.39, 0.29) is 11.2 Å². The molecule has 0 radical (unpaired) electrons. The Bertz CT molecular complexity index is 882. The molecule has 7 nitrogen and oxygen atoms in total. The monoisotopic (exact) mass is 413 g/mol. The zero-order valence-electron chi connectivity index (χ0n) is 17.7. The second-order valence-electron chi connectivity index (χ2n) is 8.28. The highest BCUT2D eigenvalue weighted by atomic mass is 16.5. The molecular weight excluding hydrogens is 382 g/mol. The van der Waals surface area contributed by atoms with Crippen molar-refractivity contribution in [3.05, 3.63) is 63.2 Å². The molecule has 7 heteroatoms. The van der Waals surface area contributed by atoms with Crippen LogP contribution in [0.1, 0.15) is 22.6 Å². The zero-order chi connectivity index (χ0) is 20.9. The molecule has 2 aliphatic rings. The summed E-state index contributed by atoms with van der Waals surface area (Å²) in [5, 5.41) is 10.3. The van der Waals surface area contributed by atoms with Gasteiger partial charge < -0.3 is 14.3 Å². The topological polar surface area (TPSA) is 69.4 Å². The van der Waals surface area contributed by atoms with Crippen molar-refractivity contribution >= 4 is 0 Å². The van der Waals surface area contributed by atoms with E-state index in [2.05, 4.69) is 45.9 Å². The lowest BCUT2D eigenvalue weighted by Crippen LogP contribution is -2.45. The van der Waals surface area contributed by atoms with E-state index in [1.165, 1.54) is 17.2 Å². The van der Waals surface area contributed by atoms with Crippen molar-refractivity contribution in [2.24, 2.45) is 0 Å². The number of rotatable bonds is 6. The highest BCUT2D eigenvalue weighted by Crippen LogP contribution is 2.19. The molecule has 0 unspecified atom stereocenters. The third kappa shape index (κ3) is 5.49. The zero-order valence-corrected chi connectivity index (χ0v) is 17.7. The van der Waals surface area contributed by atoms with Crippen molar-refractivity contribution in [3.63, 3.8) is 0 Å². The molecule has 0 spiro atoms. The van der Waals surface area contributed by atoms with Crippen molar-refractivity contribution in [2.75, 3.05) is 52.5 Å². The molecule has 2 aliphatic heterocycles. The van der Waals surface area contributed by atoms with E-state index in [1.807, 2.05) is 0 Å². The first-order valence-electron chi connectivity index (χ1n) is 10.7. The summed E-state index contributed by atoms with van der Waals surface area (Å²) in [5.74, 6) is 0.716. The summed E-state index contributed by atoms with van der Waals surface area (Å²) in [6.45, 7) is 10.8. The summed E-state index contributed by atoms with van der Waals surface area (Å²) in [5.41, 5.74) is 2.24. The fourth-order valence-corrected chi connectivity index (χ4v) is 4.01. The maximum Gasteiger partial charge on any atom is 0.227 e. The van der Waals surface area contributed by atoms with Crippen LogP contribution in [0, 0.1) is 6.92 Å². The van der Waals surface area contributed by atoms with Gasteiger partial charge in [0.2, 0.25) is 11.2 Å². The van der Waals surface area contributed by atoms with Crippen LogP contribution in [0.15, 0.2) is 39.5 Å². The SMILES string of the molecule is Cc1ccc(CN2CCN(Cc3oc(CN4CCOCC4)cc(=O)c3O)CC2)cc1. The molecule has 0 saturated carbocycles. The molecule has 2 aromatic rings. The Hall–Kier alpha value is -2.19. The molecule has 1 aromatic heterocycles. The summed E-state index contributed by atoms with van der Waals surface area (Å²) >= 11 is 0. The van der Waals surface area contributed by atoms with E-state index in [0.29, 0.717) is 37.8 Å². The summed E-state index contributed by atoms with van der Waals surface area (Å²) < 4.78 is 11.3. The normalized spacial score (nSPS) is 19.2. The van der Waals surface area contributed by atoms with E-state index in [4.69, 9.17) is 9.15 Å². The number of hydrogen-bond donors (Lipinski definition) is 1. The molecule has 0 bridgehead atoms. The summed E-state index contributed by atoms with van der Waals surface area (Å²) in [6.07, 6.45) is 0. The first kappa shape index (κ1) is 21.1. The van der Waals surface area contributed by atoms with Gasteiger partial charge in [-0.15, -0.1) is 0 Å². The largest absolute Gasteiger partial charge is 0.502 e. The summed E-state index contributed by atoms with van der Waals surface area (Å²) in [6, 6.07) is 10.1. The molecule has 2 saturated heterocycles. The molecule has 1 N–H and O–H groups in total. The molecule has 0 amide bonds. The Kier molecular flexibility index (Phi) is 6.84. The number of aromatic hydroxyl groups is 1. The van der Waals surface area contributed by atoms with Gasteiger partial charge in [-0.05, 0) is 12.5 Å². The maximum atomic E-state index is 12.2. The molecule has 3 heterocycles. The maximum absolute atomic E-state index is 12.2. The van der Waals surface area contributed by atoms with Crippen molar-refractivity contribution in [2.45, 2.75) is 26.6 Å². The average molecular weight is 414 g/mol. The minimum Gasteiger partial charge on any atom is -0.502 e. The number of ether oxygens (including phenoxy) is 1. The highest BCUT2D eigenvalue weighted by molar-refractivity contribution is 5.25. The first-order chi connectivity index (χ1) is 14.6. The first-order valence-corrected chi connectivity index (χ1v) is 10.7. The fraction of sp³-hybridized carbons (Fsp3) is 0.522. The van der Waals surface area contributed by atoms with Gasteiger partial charge >= 0.3 is 0 Å². The Morgan fingerprint density at radius 1 is 0.867 bits per heavy atom. The van der Waals surface area contributed by atoms with Gasteiger partial charge in [-0.1, -0.05) is 29.8 Å². The van der Waals surface area contributed by atoms with Crippen LogP contribution in [-0.2, 0) is 24.4 Å². The Balaban J connectivity index is 1.33. The molecule has 30 heavy (non-hydrogen) atoms. The van der Waals surface area contributed by atoms with Crippen molar-refractivity contribution < 1.29 is 14.3 Å². The lowest BCUT2D eigenvalue weighted by molar-refractivity contribution is 0.0305. The number of benzene rings is 1. The Morgan fingerprint density at radius 2 is 1.47 bits per heavy atom. The van der Waals surface area contributed by atoms with E-state index in [1.54, 1.807) is 0 Å².